The maximum absolute atomic E-state index is 14.3. The molecule has 10 nitrogen and oxygen atoms in total. The fraction of sp³-hybridized carbons (Fsp3) is 0.550. The molecule has 50 heavy (non-hydrogen) atoms. The van der Waals surface area contributed by atoms with Crippen molar-refractivity contribution in [3.05, 3.63) is 72.3 Å². The highest BCUT2D eigenvalue weighted by molar-refractivity contribution is 6.38. The number of hydrogen-bond donors (Lipinski definition) is 1. The number of likely N-dealkylation sites (tertiary alicyclic amines) is 1. The smallest absolute Gasteiger partial charge is 0.246 e. The van der Waals surface area contributed by atoms with Crippen molar-refractivity contribution in [3.63, 3.8) is 0 Å². The van der Waals surface area contributed by atoms with Crippen molar-refractivity contribution in [1.29, 1.82) is 0 Å². The van der Waals surface area contributed by atoms with E-state index in [9.17, 15) is 28.8 Å². The van der Waals surface area contributed by atoms with Gasteiger partial charge >= 0.3 is 0 Å². The Bertz CT molecular complexity index is 1560. The lowest BCUT2D eigenvalue weighted by Gasteiger charge is -2.33. The molecule has 3 unspecified atom stereocenters. The van der Waals surface area contributed by atoms with Crippen LogP contribution in [0.1, 0.15) is 102 Å². The highest BCUT2D eigenvalue weighted by Gasteiger charge is 2.50. The summed E-state index contributed by atoms with van der Waals surface area (Å²) in [6.07, 6.45) is 9.85. The number of rotatable bonds is 18. The SMILES string of the molecule is CCCC(CC(=O)C1[C@H]2CC=CC2CN1C(=O)[C@@H](NC(=O)[C@H](CC(=O)c1cnccn1)C(C)C)C(C)C)C(=O)C(=O)C[C@@H](C)c1ccccc1. The van der Waals surface area contributed by atoms with E-state index >= 15 is 0 Å². The Labute approximate surface area is 295 Å². The van der Waals surface area contributed by atoms with E-state index in [1.807, 2.05) is 84.0 Å². The first kappa shape index (κ1) is 38.5. The van der Waals surface area contributed by atoms with Crippen LogP contribution in [0.4, 0.5) is 0 Å². The number of carbonyl (C=O) groups excluding carboxylic acids is 6. The van der Waals surface area contributed by atoms with E-state index in [1.165, 1.54) is 18.6 Å². The minimum Gasteiger partial charge on any atom is -0.344 e. The van der Waals surface area contributed by atoms with Crippen molar-refractivity contribution >= 4 is 34.9 Å². The Hall–Kier alpha value is -4.34. The number of hydrogen-bond acceptors (Lipinski definition) is 8. The van der Waals surface area contributed by atoms with Crippen LogP contribution in [0.15, 0.2) is 61.1 Å². The van der Waals surface area contributed by atoms with Crippen LogP contribution in [0.25, 0.3) is 0 Å². The Balaban J connectivity index is 1.50. The van der Waals surface area contributed by atoms with E-state index < -0.39 is 41.4 Å². The fourth-order valence-electron chi connectivity index (χ4n) is 7.37. The van der Waals surface area contributed by atoms with Gasteiger partial charge in [-0.25, -0.2) is 4.98 Å². The normalized spacial score (nSPS) is 20.6. The number of carbonyl (C=O) groups is 6. The second-order valence-corrected chi connectivity index (χ2v) is 14.7. The average Bonchev–Trinajstić information content (AvgIpc) is 3.71. The molecule has 0 radical (unpaired) electrons. The minimum absolute atomic E-state index is 0.0156. The lowest BCUT2D eigenvalue weighted by atomic mass is 9.82. The van der Waals surface area contributed by atoms with Crippen molar-refractivity contribution < 1.29 is 28.8 Å². The highest BCUT2D eigenvalue weighted by atomic mass is 16.2. The van der Waals surface area contributed by atoms with Gasteiger partial charge in [-0.05, 0) is 48.0 Å². The molecule has 10 heteroatoms. The Morgan fingerprint density at radius 1 is 0.920 bits per heavy atom. The molecular formula is C40H52N4O6. The van der Waals surface area contributed by atoms with Crippen molar-refractivity contribution in [2.45, 2.75) is 98.1 Å². The number of allylic oxidation sites excluding steroid dienone is 1. The first-order valence-corrected chi connectivity index (χ1v) is 18.0. The molecule has 0 saturated carbocycles. The fourth-order valence-corrected chi connectivity index (χ4v) is 7.37. The number of nitrogens with one attached hydrogen (secondary N) is 1. The van der Waals surface area contributed by atoms with Gasteiger partial charge in [0.15, 0.2) is 17.3 Å². The predicted molar refractivity (Wildman–Crippen MR) is 190 cm³/mol. The minimum atomic E-state index is -0.928. The molecule has 2 amide bonds. The Morgan fingerprint density at radius 2 is 1.64 bits per heavy atom. The summed E-state index contributed by atoms with van der Waals surface area (Å²) in [5, 5.41) is 2.94. The third kappa shape index (κ3) is 9.25. The average molecular weight is 685 g/mol. The first-order chi connectivity index (χ1) is 23.8. The van der Waals surface area contributed by atoms with E-state index in [-0.39, 0.29) is 72.0 Å². The van der Waals surface area contributed by atoms with Gasteiger partial charge in [-0.1, -0.05) is 90.4 Å². The molecule has 1 saturated heterocycles. The van der Waals surface area contributed by atoms with Gasteiger partial charge in [-0.3, -0.25) is 33.8 Å². The molecule has 268 valence electrons. The predicted octanol–water partition coefficient (Wildman–Crippen LogP) is 5.57. The van der Waals surface area contributed by atoms with E-state index in [4.69, 9.17) is 0 Å². The number of aromatic nitrogens is 2. The van der Waals surface area contributed by atoms with E-state index in [0.717, 1.165) is 5.56 Å². The molecule has 1 aliphatic carbocycles. The van der Waals surface area contributed by atoms with E-state index in [2.05, 4.69) is 15.3 Å². The van der Waals surface area contributed by atoms with Gasteiger partial charge in [0.25, 0.3) is 0 Å². The zero-order valence-corrected chi connectivity index (χ0v) is 30.2. The molecule has 2 heterocycles. The standard InChI is InChI=1S/C40H52N4O6/c1-7-12-28(38(48)35(47)19-26(6)27-13-9-8-10-14-27)20-34(46)37-30-16-11-15-29(30)23-44(37)40(50)36(25(4)5)43-39(49)31(24(2)3)21-33(45)32-22-41-17-18-42-32/h8-11,13-15,17-18,22,24-26,28-31,36-37H,7,12,16,19-21,23H2,1-6H3,(H,43,49)/t26-,28?,29?,30+,31-,36+,37?/m1/s1. The summed E-state index contributed by atoms with van der Waals surface area (Å²) in [7, 11) is 0. The number of benzene rings is 1. The van der Waals surface area contributed by atoms with Crippen molar-refractivity contribution in [3.8, 4) is 0 Å². The topological polar surface area (TPSA) is 143 Å². The van der Waals surface area contributed by atoms with Crippen LogP contribution >= 0.6 is 0 Å². The highest BCUT2D eigenvalue weighted by Crippen LogP contribution is 2.40. The summed E-state index contributed by atoms with van der Waals surface area (Å²) in [4.78, 5) is 91.6. The van der Waals surface area contributed by atoms with Gasteiger partial charge in [0.2, 0.25) is 17.6 Å². The second-order valence-electron chi connectivity index (χ2n) is 14.7. The lowest BCUT2D eigenvalue weighted by molar-refractivity contribution is -0.144. The van der Waals surface area contributed by atoms with Crippen LogP contribution in [-0.4, -0.2) is 68.4 Å². The molecule has 2 aromatic rings. The van der Waals surface area contributed by atoms with Crippen LogP contribution < -0.4 is 5.32 Å². The molecule has 4 rings (SSSR count). The Kier molecular flexibility index (Phi) is 13.5. The van der Waals surface area contributed by atoms with Gasteiger partial charge in [-0.15, -0.1) is 0 Å². The summed E-state index contributed by atoms with van der Waals surface area (Å²) in [6, 6.07) is 7.87. The third-order valence-corrected chi connectivity index (χ3v) is 10.3. The van der Waals surface area contributed by atoms with Gasteiger partial charge in [0.1, 0.15) is 11.7 Å². The third-order valence-electron chi connectivity index (χ3n) is 10.3. The number of nitrogens with zero attached hydrogens (tertiary/aromatic N) is 3. The Morgan fingerprint density at radius 3 is 2.26 bits per heavy atom. The van der Waals surface area contributed by atoms with Crippen molar-refractivity contribution in [2.75, 3.05) is 6.54 Å². The van der Waals surface area contributed by atoms with E-state index in [0.29, 0.717) is 25.8 Å². The maximum atomic E-state index is 14.3. The summed E-state index contributed by atoms with van der Waals surface area (Å²) in [5.41, 5.74) is 1.15. The van der Waals surface area contributed by atoms with E-state index in [1.54, 1.807) is 4.90 Å². The van der Waals surface area contributed by atoms with Gasteiger partial charge in [0.05, 0.1) is 12.2 Å². The summed E-state index contributed by atoms with van der Waals surface area (Å²) < 4.78 is 0. The zero-order valence-electron chi connectivity index (χ0n) is 30.2. The number of fused-ring (bicyclic) bond motifs is 1. The summed E-state index contributed by atoms with van der Waals surface area (Å²) in [5.74, 6) is -4.57. The molecule has 0 spiro atoms. The van der Waals surface area contributed by atoms with Crippen LogP contribution in [-0.2, 0) is 24.0 Å². The van der Waals surface area contributed by atoms with Gasteiger partial charge in [0, 0.05) is 50.0 Å². The monoisotopic (exact) mass is 684 g/mol. The molecule has 1 aliphatic heterocycles. The summed E-state index contributed by atoms with van der Waals surface area (Å²) in [6.45, 7) is 11.5. The molecule has 2 aliphatic rings. The first-order valence-electron chi connectivity index (χ1n) is 18.0. The van der Waals surface area contributed by atoms with Crippen molar-refractivity contribution in [1.82, 2.24) is 20.2 Å². The molecule has 1 fully saturated rings. The largest absolute Gasteiger partial charge is 0.344 e. The molecule has 7 atom stereocenters. The van der Waals surface area contributed by atoms with Crippen LogP contribution in [0.3, 0.4) is 0 Å². The van der Waals surface area contributed by atoms with Gasteiger partial charge < -0.3 is 10.2 Å². The van der Waals surface area contributed by atoms with Crippen LogP contribution in [0, 0.1) is 35.5 Å². The molecule has 1 aromatic heterocycles. The molecule has 1 aromatic carbocycles. The quantitative estimate of drug-likeness (QED) is 0.122. The zero-order chi connectivity index (χ0) is 36.5. The van der Waals surface area contributed by atoms with Crippen LogP contribution in [0.5, 0.6) is 0 Å². The number of Topliss-reactive ketones (excluding diaryl/α,β-unsaturated/α-hetero) is 4. The number of ketones is 4. The summed E-state index contributed by atoms with van der Waals surface area (Å²) >= 11 is 0. The number of amides is 2. The van der Waals surface area contributed by atoms with Crippen LogP contribution in [0.2, 0.25) is 0 Å². The lowest BCUT2D eigenvalue weighted by Crippen LogP contribution is -2.56. The van der Waals surface area contributed by atoms with Crippen molar-refractivity contribution in [2.24, 2.45) is 35.5 Å². The molecule has 1 N–H and O–H groups in total. The maximum Gasteiger partial charge on any atom is 0.246 e. The van der Waals surface area contributed by atoms with Gasteiger partial charge in [-0.2, -0.15) is 0 Å². The molecule has 0 bridgehead atoms. The second kappa shape index (κ2) is 17.5. The molecular weight excluding hydrogens is 632 g/mol.